The summed E-state index contributed by atoms with van der Waals surface area (Å²) in [6, 6.07) is 0.271. The minimum absolute atomic E-state index is 0.0465. The number of carbonyl (C=O) groups is 2. The quantitative estimate of drug-likeness (QED) is 0.632. The molecule has 0 saturated heterocycles. The molecule has 0 unspecified atom stereocenters. The highest BCUT2D eigenvalue weighted by atomic mass is 16.2. The number of rotatable bonds is 6. The zero-order valence-electron chi connectivity index (χ0n) is 9.96. The number of amides is 2. The molecule has 0 bridgehead atoms. The first-order chi connectivity index (χ1) is 7.01. The van der Waals surface area contributed by atoms with Gasteiger partial charge < -0.3 is 15.5 Å². The Balaban J connectivity index is 4.04. The van der Waals surface area contributed by atoms with Crippen LogP contribution < -0.4 is 10.6 Å². The Morgan fingerprint density at radius 2 is 1.93 bits per heavy atom. The summed E-state index contributed by atoms with van der Waals surface area (Å²) in [5.74, 6) is -0.190. The van der Waals surface area contributed by atoms with E-state index in [0.29, 0.717) is 6.54 Å². The molecule has 0 aliphatic carbocycles. The van der Waals surface area contributed by atoms with E-state index in [2.05, 4.69) is 10.6 Å². The fourth-order valence-corrected chi connectivity index (χ4v) is 1.03. The molecule has 0 aromatic carbocycles. The van der Waals surface area contributed by atoms with Gasteiger partial charge in [-0.25, -0.2) is 0 Å². The van der Waals surface area contributed by atoms with Crippen molar-refractivity contribution >= 4 is 11.8 Å². The molecule has 15 heavy (non-hydrogen) atoms. The molecule has 0 aromatic rings. The lowest BCUT2D eigenvalue weighted by Crippen LogP contribution is -2.44. The van der Waals surface area contributed by atoms with Gasteiger partial charge in [-0.3, -0.25) is 9.59 Å². The minimum atomic E-state index is -0.144. The number of nitrogens with zero attached hydrogens (tertiary/aromatic N) is 1. The maximum atomic E-state index is 11.6. The Morgan fingerprint density at radius 1 is 1.33 bits per heavy atom. The van der Waals surface area contributed by atoms with Crippen LogP contribution in [0.15, 0.2) is 0 Å². The van der Waals surface area contributed by atoms with E-state index < -0.39 is 0 Å². The molecule has 0 aliphatic heterocycles. The third-order valence-corrected chi connectivity index (χ3v) is 2.01. The van der Waals surface area contributed by atoms with E-state index in [1.807, 2.05) is 20.8 Å². The van der Waals surface area contributed by atoms with E-state index in [9.17, 15) is 9.59 Å². The normalized spacial score (nSPS) is 10.2. The molecule has 5 nitrogen and oxygen atoms in total. The van der Waals surface area contributed by atoms with E-state index in [1.165, 1.54) is 4.90 Å². The van der Waals surface area contributed by atoms with Crippen LogP contribution in [0.2, 0.25) is 0 Å². The summed E-state index contributed by atoms with van der Waals surface area (Å²) < 4.78 is 0. The number of carbonyl (C=O) groups excluding carboxylic acids is 2. The monoisotopic (exact) mass is 215 g/mol. The Labute approximate surface area is 91.2 Å². The van der Waals surface area contributed by atoms with E-state index in [1.54, 1.807) is 7.05 Å². The highest BCUT2D eigenvalue weighted by Gasteiger charge is 2.14. The smallest absolute Gasteiger partial charge is 0.239 e. The first-order valence-electron chi connectivity index (χ1n) is 5.23. The second-order valence-electron chi connectivity index (χ2n) is 3.62. The largest absolute Gasteiger partial charge is 0.358 e. The van der Waals surface area contributed by atoms with Gasteiger partial charge in [0.1, 0.15) is 0 Å². The van der Waals surface area contributed by atoms with Crippen LogP contribution in [0.25, 0.3) is 0 Å². The molecule has 0 radical (unpaired) electrons. The maximum absolute atomic E-state index is 11.6. The number of hydrogen-bond acceptors (Lipinski definition) is 3. The Bertz CT molecular complexity index is 217. The van der Waals surface area contributed by atoms with Crippen LogP contribution in [-0.4, -0.2) is 49.4 Å². The van der Waals surface area contributed by atoms with Gasteiger partial charge in [0.15, 0.2) is 0 Å². The SMILES string of the molecule is CCN(CC(=O)NC)C(=O)CNC(C)C. The predicted molar refractivity (Wildman–Crippen MR) is 59.5 cm³/mol. The zero-order valence-corrected chi connectivity index (χ0v) is 9.96. The standard InChI is InChI=1S/C10H21N3O2/c1-5-13(7-9(14)11-4)10(15)6-12-8(2)3/h8,12H,5-7H2,1-4H3,(H,11,14). The molecule has 0 heterocycles. The van der Waals surface area contributed by atoms with E-state index in [4.69, 9.17) is 0 Å². The van der Waals surface area contributed by atoms with Crippen LogP contribution in [0.4, 0.5) is 0 Å². The lowest BCUT2D eigenvalue weighted by atomic mass is 10.3. The van der Waals surface area contributed by atoms with Crippen molar-refractivity contribution in [1.82, 2.24) is 15.5 Å². The van der Waals surface area contributed by atoms with Gasteiger partial charge in [-0.15, -0.1) is 0 Å². The first kappa shape index (κ1) is 13.9. The van der Waals surface area contributed by atoms with Crippen molar-refractivity contribution in [2.24, 2.45) is 0 Å². The van der Waals surface area contributed by atoms with Crippen molar-refractivity contribution in [3.63, 3.8) is 0 Å². The van der Waals surface area contributed by atoms with Gasteiger partial charge in [0.2, 0.25) is 11.8 Å². The summed E-state index contributed by atoms with van der Waals surface area (Å²) in [5.41, 5.74) is 0. The van der Waals surface area contributed by atoms with Crippen LogP contribution in [0.1, 0.15) is 20.8 Å². The Hall–Kier alpha value is -1.10. The third kappa shape index (κ3) is 6.06. The molecule has 0 aromatic heterocycles. The molecule has 5 heteroatoms. The molecule has 0 aliphatic rings. The summed E-state index contributed by atoms with van der Waals surface area (Å²) in [6.07, 6.45) is 0. The summed E-state index contributed by atoms with van der Waals surface area (Å²) in [4.78, 5) is 24.2. The Kier molecular flexibility index (Phi) is 6.70. The molecule has 88 valence electrons. The van der Waals surface area contributed by atoms with Crippen molar-refractivity contribution in [3.8, 4) is 0 Å². The molecule has 0 spiro atoms. The number of nitrogens with one attached hydrogen (secondary N) is 2. The van der Waals surface area contributed by atoms with Crippen LogP contribution in [0.5, 0.6) is 0 Å². The van der Waals surface area contributed by atoms with Gasteiger partial charge >= 0.3 is 0 Å². The molecule has 2 amide bonds. The molecule has 0 atom stereocenters. The van der Waals surface area contributed by atoms with Gasteiger partial charge in [-0.05, 0) is 6.92 Å². The van der Waals surface area contributed by atoms with Crippen molar-refractivity contribution < 1.29 is 9.59 Å². The summed E-state index contributed by atoms with van der Waals surface area (Å²) in [6.45, 7) is 6.76. The van der Waals surface area contributed by atoms with Crippen molar-refractivity contribution in [2.75, 3.05) is 26.7 Å². The van der Waals surface area contributed by atoms with Gasteiger partial charge in [0.25, 0.3) is 0 Å². The van der Waals surface area contributed by atoms with E-state index in [0.717, 1.165) is 0 Å². The van der Waals surface area contributed by atoms with Gasteiger partial charge in [0.05, 0.1) is 13.1 Å². The fourth-order valence-electron chi connectivity index (χ4n) is 1.03. The third-order valence-electron chi connectivity index (χ3n) is 2.01. The zero-order chi connectivity index (χ0) is 11.8. The minimum Gasteiger partial charge on any atom is -0.358 e. The van der Waals surface area contributed by atoms with Gasteiger partial charge in [0, 0.05) is 19.6 Å². The van der Waals surface area contributed by atoms with Crippen molar-refractivity contribution in [3.05, 3.63) is 0 Å². The van der Waals surface area contributed by atoms with Crippen molar-refractivity contribution in [2.45, 2.75) is 26.8 Å². The lowest BCUT2D eigenvalue weighted by Gasteiger charge is -2.20. The average Bonchev–Trinajstić information content (AvgIpc) is 2.21. The van der Waals surface area contributed by atoms with Crippen LogP contribution in [0, 0.1) is 0 Å². The molecule has 0 fully saturated rings. The highest BCUT2D eigenvalue weighted by Crippen LogP contribution is 1.89. The molecule has 0 saturated carbocycles. The summed E-state index contributed by atoms with van der Waals surface area (Å²) in [7, 11) is 1.56. The predicted octanol–water partition coefficient (Wildman–Crippen LogP) is -0.421. The van der Waals surface area contributed by atoms with Gasteiger partial charge in [-0.1, -0.05) is 13.8 Å². The molecular formula is C10H21N3O2. The van der Waals surface area contributed by atoms with Crippen LogP contribution >= 0.6 is 0 Å². The highest BCUT2D eigenvalue weighted by molar-refractivity contribution is 5.85. The van der Waals surface area contributed by atoms with Crippen molar-refractivity contribution in [1.29, 1.82) is 0 Å². The van der Waals surface area contributed by atoms with Gasteiger partial charge in [-0.2, -0.15) is 0 Å². The van der Waals surface area contributed by atoms with E-state index >= 15 is 0 Å². The van der Waals surface area contributed by atoms with E-state index in [-0.39, 0.29) is 30.9 Å². The lowest BCUT2D eigenvalue weighted by molar-refractivity contribution is -0.135. The topological polar surface area (TPSA) is 61.4 Å². The molecular weight excluding hydrogens is 194 g/mol. The second-order valence-corrected chi connectivity index (χ2v) is 3.62. The Morgan fingerprint density at radius 3 is 2.33 bits per heavy atom. The molecule has 2 N–H and O–H groups in total. The maximum Gasteiger partial charge on any atom is 0.239 e. The van der Waals surface area contributed by atoms with Crippen LogP contribution in [-0.2, 0) is 9.59 Å². The van der Waals surface area contributed by atoms with Crippen LogP contribution in [0.3, 0.4) is 0 Å². The average molecular weight is 215 g/mol. The second kappa shape index (κ2) is 7.23. The summed E-state index contributed by atoms with van der Waals surface area (Å²) >= 11 is 0. The fraction of sp³-hybridized carbons (Fsp3) is 0.800. The first-order valence-corrected chi connectivity index (χ1v) is 5.23. The molecule has 0 rings (SSSR count). The number of hydrogen-bond donors (Lipinski definition) is 2. The number of likely N-dealkylation sites (N-methyl/N-ethyl adjacent to an activating group) is 2. The summed E-state index contributed by atoms with van der Waals surface area (Å²) in [5, 5.41) is 5.52.